The van der Waals surface area contributed by atoms with Crippen LogP contribution in [0.3, 0.4) is 0 Å². The average Bonchev–Trinajstić information content (AvgIpc) is 1.97. The van der Waals surface area contributed by atoms with Crippen molar-refractivity contribution in [3.63, 3.8) is 0 Å². The van der Waals surface area contributed by atoms with Crippen molar-refractivity contribution in [1.29, 1.82) is 0 Å². The molecule has 0 N–H and O–H groups in total. The second kappa shape index (κ2) is 4.12. The normalized spacial score (nSPS) is 11.8. The summed E-state index contributed by atoms with van der Waals surface area (Å²) in [5.74, 6) is -0.117. The topological polar surface area (TPSA) is 0 Å². The quantitative estimate of drug-likeness (QED) is 0.664. The van der Waals surface area contributed by atoms with E-state index in [9.17, 15) is 4.39 Å². The fourth-order valence-electron chi connectivity index (χ4n) is 1.48. The van der Waals surface area contributed by atoms with E-state index >= 15 is 0 Å². The van der Waals surface area contributed by atoms with Gasteiger partial charge in [-0.2, -0.15) is 0 Å². The van der Waals surface area contributed by atoms with Crippen molar-refractivity contribution in [2.24, 2.45) is 5.41 Å². The van der Waals surface area contributed by atoms with Gasteiger partial charge in [-0.25, -0.2) is 4.39 Å². The van der Waals surface area contributed by atoms with Crippen LogP contribution in [-0.2, 0) is 6.42 Å². The Morgan fingerprint density at radius 1 is 1.14 bits per heavy atom. The number of aryl methyl sites for hydroxylation is 2. The van der Waals surface area contributed by atoms with Crippen LogP contribution in [0.25, 0.3) is 0 Å². The molecule has 0 atom stereocenters. The summed E-state index contributed by atoms with van der Waals surface area (Å²) in [4.78, 5) is 0. The Morgan fingerprint density at radius 2 is 1.79 bits per heavy atom. The molecule has 0 bridgehead atoms. The molecule has 0 heterocycles. The molecular weight excluding hydrogens is 175 g/mol. The second-order valence-electron chi connectivity index (χ2n) is 5.20. The van der Waals surface area contributed by atoms with Gasteiger partial charge in [0.15, 0.2) is 0 Å². The van der Waals surface area contributed by atoms with Gasteiger partial charge in [0, 0.05) is 0 Å². The summed E-state index contributed by atoms with van der Waals surface area (Å²) in [6.07, 6.45) is 2.05. The molecule has 0 aromatic heterocycles. The van der Waals surface area contributed by atoms with E-state index in [0.29, 0.717) is 5.41 Å². The van der Waals surface area contributed by atoms with Gasteiger partial charge < -0.3 is 0 Å². The van der Waals surface area contributed by atoms with Crippen LogP contribution in [0.2, 0.25) is 0 Å². The van der Waals surface area contributed by atoms with E-state index in [2.05, 4.69) is 26.8 Å². The number of rotatable bonds is 2. The van der Waals surface area contributed by atoms with E-state index in [1.54, 1.807) is 12.1 Å². The fraction of sp³-hybridized carbons (Fsp3) is 0.538. The number of hydrogen-bond donors (Lipinski definition) is 0. The van der Waals surface area contributed by atoms with Crippen molar-refractivity contribution in [2.75, 3.05) is 0 Å². The predicted octanol–water partition coefficient (Wildman–Crippen LogP) is 4.11. The molecule has 0 amide bonds. The highest BCUT2D eigenvalue weighted by Crippen LogP contribution is 2.22. The van der Waals surface area contributed by atoms with Crippen LogP contribution in [0.15, 0.2) is 18.2 Å². The summed E-state index contributed by atoms with van der Waals surface area (Å²) in [7, 11) is 0. The number of hydrogen-bond acceptors (Lipinski definition) is 0. The van der Waals surface area contributed by atoms with Crippen LogP contribution in [0.4, 0.5) is 4.39 Å². The maximum atomic E-state index is 13.0. The Labute approximate surface area is 86.2 Å². The first kappa shape index (κ1) is 11.2. The molecule has 0 aliphatic rings. The van der Waals surface area contributed by atoms with Gasteiger partial charge in [0.25, 0.3) is 0 Å². The number of halogens is 1. The molecule has 0 saturated heterocycles. The third kappa shape index (κ3) is 3.91. The molecule has 0 aliphatic carbocycles. The highest BCUT2D eigenvalue weighted by atomic mass is 19.1. The summed E-state index contributed by atoms with van der Waals surface area (Å²) >= 11 is 0. The van der Waals surface area contributed by atoms with Crippen molar-refractivity contribution in [1.82, 2.24) is 0 Å². The molecule has 1 aromatic rings. The molecule has 0 radical (unpaired) electrons. The summed E-state index contributed by atoms with van der Waals surface area (Å²) in [6.45, 7) is 8.56. The van der Waals surface area contributed by atoms with Gasteiger partial charge in [-0.3, -0.25) is 0 Å². The van der Waals surface area contributed by atoms with E-state index in [0.717, 1.165) is 24.0 Å². The van der Waals surface area contributed by atoms with Crippen LogP contribution in [0.5, 0.6) is 0 Å². The largest absolute Gasteiger partial charge is 0.207 e. The molecule has 78 valence electrons. The maximum absolute atomic E-state index is 13.0. The minimum Gasteiger partial charge on any atom is -0.207 e. The van der Waals surface area contributed by atoms with Gasteiger partial charge in [-0.05, 0) is 48.4 Å². The Hall–Kier alpha value is -0.850. The van der Waals surface area contributed by atoms with Crippen molar-refractivity contribution >= 4 is 0 Å². The average molecular weight is 194 g/mol. The molecule has 0 unspecified atom stereocenters. The maximum Gasteiger partial charge on any atom is 0.123 e. The molecule has 1 heteroatoms. The van der Waals surface area contributed by atoms with E-state index < -0.39 is 0 Å². The Bertz CT molecular complexity index is 287. The van der Waals surface area contributed by atoms with E-state index in [1.165, 1.54) is 0 Å². The molecule has 0 spiro atoms. The highest BCUT2D eigenvalue weighted by Gasteiger charge is 2.10. The molecular formula is C13H19F. The van der Waals surface area contributed by atoms with Crippen LogP contribution >= 0.6 is 0 Å². The first-order chi connectivity index (χ1) is 6.37. The Morgan fingerprint density at radius 3 is 2.29 bits per heavy atom. The molecule has 0 saturated carbocycles. The van der Waals surface area contributed by atoms with Crippen molar-refractivity contribution in [3.8, 4) is 0 Å². The van der Waals surface area contributed by atoms with Gasteiger partial charge in [-0.15, -0.1) is 0 Å². The first-order valence-corrected chi connectivity index (χ1v) is 5.13. The minimum atomic E-state index is -0.117. The third-order valence-electron chi connectivity index (χ3n) is 2.27. The Balaban J connectivity index is 2.68. The lowest BCUT2D eigenvalue weighted by Gasteiger charge is -2.17. The zero-order chi connectivity index (χ0) is 10.8. The van der Waals surface area contributed by atoms with Crippen LogP contribution in [0.1, 0.15) is 38.3 Å². The van der Waals surface area contributed by atoms with E-state index in [-0.39, 0.29) is 5.82 Å². The Kier molecular flexibility index (Phi) is 3.30. The summed E-state index contributed by atoms with van der Waals surface area (Å²) < 4.78 is 13.0. The monoisotopic (exact) mass is 194 g/mol. The third-order valence-corrected chi connectivity index (χ3v) is 2.27. The van der Waals surface area contributed by atoms with Crippen LogP contribution in [-0.4, -0.2) is 0 Å². The van der Waals surface area contributed by atoms with E-state index in [4.69, 9.17) is 0 Å². The molecule has 0 aliphatic heterocycles. The van der Waals surface area contributed by atoms with Crippen LogP contribution in [0, 0.1) is 18.2 Å². The summed E-state index contributed by atoms with van der Waals surface area (Å²) in [5, 5.41) is 0. The minimum absolute atomic E-state index is 0.117. The SMILES string of the molecule is Cc1cc(F)cc(CCC(C)(C)C)c1. The van der Waals surface area contributed by atoms with Gasteiger partial charge in [0.1, 0.15) is 5.82 Å². The molecule has 1 aromatic carbocycles. The first-order valence-electron chi connectivity index (χ1n) is 5.13. The van der Waals surface area contributed by atoms with Gasteiger partial charge in [0.05, 0.1) is 0 Å². The van der Waals surface area contributed by atoms with Gasteiger partial charge in [-0.1, -0.05) is 26.8 Å². The standard InChI is InChI=1S/C13H19F/c1-10-7-11(9-12(14)8-10)5-6-13(2,3)4/h7-9H,5-6H2,1-4H3. The highest BCUT2D eigenvalue weighted by molar-refractivity contribution is 5.23. The lowest BCUT2D eigenvalue weighted by molar-refractivity contribution is 0.378. The predicted molar refractivity (Wildman–Crippen MR) is 58.9 cm³/mol. The fourth-order valence-corrected chi connectivity index (χ4v) is 1.48. The van der Waals surface area contributed by atoms with Gasteiger partial charge in [0.2, 0.25) is 0 Å². The lowest BCUT2D eigenvalue weighted by Crippen LogP contribution is -2.06. The van der Waals surface area contributed by atoms with Gasteiger partial charge >= 0.3 is 0 Å². The molecule has 0 fully saturated rings. The van der Waals surface area contributed by atoms with E-state index in [1.807, 2.05) is 6.92 Å². The summed E-state index contributed by atoms with van der Waals surface area (Å²) in [6, 6.07) is 5.27. The van der Waals surface area contributed by atoms with Crippen LogP contribution < -0.4 is 0 Å². The second-order valence-corrected chi connectivity index (χ2v) is 5.20. The lowest BCUT2D eigenvalue weighted by atomic mass is 9.88. The number of benzene rings is 1. The van der Waals surface area contributed by atoms with Crippen molar-refractivity contribution in [2.45, 2.75) is 40.5 Å². The zero-order valence-corrected chi connectivity index (χ0v) is 9.52. The molecule has 1 rings (SSSR count). The van der Waals surface area contributed by atoms with Crippen molar-refractivity contribution in [3.05, 3.63) is 35.1 Å². The zero-order valence-electron chi connectivity index (χ0n) is 9.52. The van der Waals surface area contributed by atoms with Crippen molar-refractivity contribution < 1.29 is 4.39 Å². The smallest absolute Gasteiger partial charge is 0.123 e. The molecule has 14 heavy (non-hydrogen) atoms. The molecule has 0 nitrogen and oxygen atoms in total. The summed E-state index contributed by atoms with van der Waals surface area (Å²) in [5.41, 5.74) is 2.44.